The molecule has 1 fully saturated rings. The van der Waals surface area contributed by atoms with E-state index in [-0.39, 0.29) is 0 Å². The molecule has 0 spiro atoms. The van der Waals surface area contributed by atoms with Crippen LogP contribution in [0.15, 0.2) is 12.3 Å². The van der Waals surface area contributed by atoms with Crippen LogP contribution in [0, 0.1) is 20.8 Å². The monoisotopic (exact) mass is 290 g/mol. The molecule has 0 amide bonds. The summed E-state index contributed by atoms with van der Waals surface area (Å²) in [6.07, 6.45) is 4.59. The van der Waals surface area contributed by atoms with Gasteiger partial charge in [0.15, 0.2) is 0 Å². The zero-order valence-corrected chi connectivity index (χ0v) is 13.3. The number of rotatable bonds is 4. The molecule has 2 aromatic heterocycles. The third-order valence-electron chi connectivity index (χ3n) is 4.01. The number of aromatic nitrogens is 3. The van der Waals surface area contributed by atoms with Gasteiger partial charge in [-0.1, -0.05) is 0 Å². The van der Waals surface area contributed by atoms with Gasteiger partial charge < -0.3 is 0 Å². The maximum atomic E-state index is 4.60. The van der Waals surface area contributed by atoms with E-state index in [0.717, 1.165) is 23.8 Å². The Balaban J connectivity index is 1.67. The lowest BCUT2D eigenvalue weighted by Gasteiger charge is -2.24. The molecule has 5 heteroatoms. The first-order valence-electron chi connectivity index (χ1n) is 7.28. The maximum Gasteiger partial charge on any atom is 0.0897 e. The topological polar surface area (TPSA) is 34.0 Å². The van der Waals surface area contributed by atoms with Gasteiger partial charge in [-0.15, -0.1) is 11.3 Å². The zero-order valence-electron chi connectivity index (χ0n) is 12.5. The van der Waals surface area contributed by atoms with E-state index in [2.05, 4.69) is 46.5 Å². The number of nitrogens with zero attached hydrogens (tertiary/aromatic N) is 4. The first-order chi connectivity index (χ1) is 9.61. The van der Waals surface area contributed by atoms with Gasteiger partial charge in [-0.05, 0) is 46.2 Å². The van der Waals surface area contributed by atoms with Gasteiger partial charge in [-0.25, -0.2) is 4.98 Å². The first kappa shape index (κ1) is 13.8. The molecule has 20 heavy (non-hydrogen) atoms. The van der Waals surface area contributed by atoms with E-state index < -0.39 is 0 Å². The van der Waals surface area contributed by atoms with Crippen molar-refractivity contribution in [3.05, 3.63) is 33.5 Å². The zero-order chi connectivity index (χ0) is 14.1. The van der Waals surface area contributed by atoms with Gasteiger partial charge in [-0.3, -0.25) is 9.58 Å². The Labute approximate surface area is 124 Å². The third kappa shape index (κ3) is 2.94. The van der Waals surface area contributed by atoms with E-state index in [0.29, 0.717) is 6.04 Å². The van der Waals surface area contributed by atoms with Crippen molar-refractivity contribution >= 4 is 11.3 Å². The van der Waals surface area contributed by atoms with Crippen molar-refractivity contribution in [2.75, 3.05) is 6.54 Å². The van der Waals surface area contributed by atoms with Gasteiger partial charge in [0, 0.05) is 29.4 Å². The molecular formula is C15H22N4S. The summed E-state index contributed by atoms with van der Waals surface area (Å²) in [4.78, 5) is 8.32. The fourth-order valence-electron chi connectivity index (χ4n) is 3.05. The molecule has 1 aliphatic heterocycles. The van der Waals surface area contributed by atoms with E-state index >= 15 is 0 Å². The van der Waals surface area contributed by atoms with Crippen molar-refractivity contribution in [2.24, 2.45) is 0 Å². The van der Waals surface area contributed by atoms with Crippen LogP contribution in [0.3, 0.4) is 0 Å². The Morgan fingerprint density at radius 1 is 1.35 bits per heavy atom. The Hall–Kier alpha value is -1.20. The highest BCUT2D eigenvalue weighted by Gasteiger charge is 2.26. The molecule has 0 unspecified atom stereocenters. The number of aryl methyl sites for hydroxylation is 3. The summed E-state index contributed by atoms with van der Waals surface area (Å²) < 4.78 is 2.16. The average molecular weight is 290 g/mol. The van der Waals surface area contributed by atoms with E-state index in [1.165, 1.54) is 30.0 Å². The number of likely N-dealkylation sites (tertiary alicyclic amines) is 1. The normalized spacial score (nSPS) is 19.9. The molecule has 0 N–H and O–H groups in total. The SMILES string of the molecule is Cc1cc(C)n(C[C@H]2CCCN2Cc2cnc(C)s2)n1. The molecule has 0 bridgehead atoms. The van der Waals surface area contributed by atoms with Crippen LogP contribution in [0.5, 0.6) is 0 Å². The van der Waals surface area contributed by atoms with Crippen LogP contribution < -0.4 is 0 Å². The third-order valence-corrected chi connectivity index (χ3v) is 4.91. The average Bonchev–Trinajstić information content (AvgIpc) is 3.05. The molecule has 3 heterocycles. The van der Waals surface area contributed by atoms with Crippen LogP contribution in [-0.2, 0) is 13.1 Å². The Morgan fingerprint density at radius 3 is 2.85 bits per heavy atom. The van der Waals surface area contributed by atoms with Crippen LogP contribution in [0.4, 0.5) is 0 Å². The largest absolute Gasteiger partial charge is 0.293 e. The second kappa shape index (κ2) is 5.66. The van der Waals surface area contributed by atoms with Gasteiger partial charge in [0.1, 0.15) is 0 Å². The first-order valence-corrected chi connectivity index (χ1v) is 8.10. The van der Waals surface area contributed by atoms with Gasteiger partial charge in [0.05, 0.1) is 17.2 Å². The predicted octanol–water partition coefficient (Wildman–Crippen LogP) is 2.93. The summed E-state index contributed by atoms with van der Waals surface area (Å²) in [6.45, 7) is 9.53. The van der Waals surface area contributed by atoms with E-state index in [1.807, 2.05) is 17.5 Å². The summed E-state index contributed by atoms with van der Waals surface area (Å²) in [7, 11) is 0. The molecule has 1 aliphatic rings. The molecule has 2 aromatic rings. The Morgan fingerprint density at radius 2 is 2.20 bits per heavy atom. The second-order valence-electron chi connectivity index (χ2n) is 5.72. The van der Waals surface area contributed by atoms with Crippen molar-refractivity contribution in [2.45, 2.75) is 52.7 Å². The minimum atomic E-state index is 0.607. The highest BCUT2D eigenvalue weighted by Crippen LogP contribution is 2.24. The van der Waals surface area contributed by atoms with Gasteiger partial charge in [0.2, 0.25) is 0 Å². The standard InChI is InChI=1S/C15H22N4S/c1-11-7-12(2)19(17-11)9-14-5-4-6-18(14)10-15-8-16-13(3)20-15/h7-8,14H,4-6,9-10H2,1-3H3/t14-/m1/s1. The Bertz CT molecular complexity index is 586. The summed E-state index contributed by atoms with van der Waals surface area (Å²) in [5.41, 5.74) is 2.38. The molecule has 1 atom stereocenters. The molecule has 0 saturated carbocycles. The molecule has 108 valence electrons. The molecule has 4 nitrogen and oxygen atoms in total. The lowest BCUT2D eigenvalue weighted by molar-refractivity contribution is 0.219. The quantitative estimate of drug-likeness (QED) is 0.868. The summed E-state index contributed by atoms with van der Waals surface area (Å²) in [5, 5.41) is 5.76. The summed E-state index contributed by atoms with van der Waals surface area (Å²) >= 11 is 1.81. The van der Waals surface area contributed by atoms with Crippen LogP contribution in [0.2, 0.25) is 0 Å². The smallest absolute Gasteiger partial charge is 0.0897 e. The van der Waals surface area contributed by atoms with Crippen molar-refractivity contribution in [3.8, 4) is 0 Å². The maximum absolute atomic E-state index is 4.60. The van der Waals surface area contributed by atoms with Gasteiger partial charge in [0.25, 0.3) is 0 Å². The fraction of sp³-hybridized carbons (Fsp3) is 0.600. The van der Waals surface area contributed by atoms with Crippen LogP contribution in [-0.4, -0.2) is 32.3 Å². The minimum Gasteiger partial charge on any atom is -0.293 e. The van der Waals surface area contributed by atoms with E-state index in [4.69, 9.17) is 0 Å². The highest BCUT2D eigenvalue weighted by molar-refractivity contribution is 7.11. The summed E-state index contributed by atoms with van der Waals surface area (Å²) in [5.74, 6) is 0. The van der Waals surface area contributed by atoms with Crippen LogP contribution in [0.25, 0.3) is 0 Å². The molecular weight excluding hydrogens is 268 g/mol. The van der Waals surface area contributed by atoms with Crippen molar-refractivity contribution < 1.29 is 0 Å². The number of hydrogen-bond donors (Lipinski definition) is 0. The summed E-state index contributed by atoms with van der Waals surface area (Å²) in [6, 6.07) is 2.77. The van der Waals surface area contributed by atoms with Crippen LogP contribution >= 0.6 is 11.3 Å². The van der Waals surface area contributed by atoms with Gasteiger partial charge >= 0.3 is 0 Å². The van der Waals surface area contributed by atoms with Crippen LogP contribution in [0.1, 0.15) is 34.1 Å². The lowest BCUT2D eigenvalue weighted by Crippen LogP contribution is -2.32. The molecule has 0 radical (unpaired) electrons. The lowest BCUT2D eigenvalue weighted by atomic mass is 10.2. The molecule has 3 rings (SSSR count). The van der Waals surface area contributed by atoms with Gasteiger partial charge in [-0.2, -0.15) is 5.10 Å². The molecule has 0 aliphatic carbocycles. The van der Waals surface area contributed by atoms with E-state index in [1.54, 1.807) is 0 Å². The second-order valence-corrected chi connectivity index (χ2v) is 7.04. The predicted molar refractivity (Wildman–Crippen MR) is 82.0 cm³/mol. The van der Waals surface area contributed by atoms with Crippen molar-refractivity contribution in [1.29, 1.82) is 0 Å². The minimum absolute atomic E-state index is 0.607. The van der Waals surface area contributed by atoms with E-state index in [9.17, 15) is 0 Å². The highest BCUT2D eigenvalue weighted by atomic mass is 32.1. The molecule has 0 aromatic carbocycles. The Kier molecular flexibility index (Phi) is 3.89. The fourth-order valence-corrected chi connectivity index (χ4v) is 3.87. The molecule has 1 saturated heterocycles. The number of thiazole rings is 1. The van der Waals surface area contributed by atoms with Crippen molar-refractivity contribution in [3.63, 3.8) is 0 Å². The van der Waals surface area contributed by atoms with Crippen molar-refractivity contribution in [1.82, 2.24) is 19.7 Å². The number of hydrogen-bond acceptors (Lipinski definition) is 4.